The van der Waals surface area contributed by atoms with Crippen LogP contribution in [0.5, 0.6) is 0 Å². The molecule has 0 aromatic carbocycles. The Labute approximate surface area is 114 Å². The standard InChI is InChI=1S/C12H15N5O3/c1-2-8-16-10-11(13)14-5-15-12(10)17(8)9-3-6(19)7(4-18)20-9/h2,5-7,9,18-19H,1,3-4H2,(H2,13,14,15)/t6-,7+,9+/m0/s1. The van der Waals surface area contributed by atoms with Crippen LogP contribution in [0.1, 0.15) is 18.5 Å². The second kappa shape index (κ2) is 4.82. The van der Waals surface area contributed by atoms with E-state index in [0.29, 0.717) is 23.4 Å². The summed E-state index contributed by atoms with van der Waals surface area (Å²) in [5.41, 5.74) is 6.76. The Morgan fingerprint density at radius 3 is 3.00 bits per heavy atom. The summed E-state index contributed by atoms with van der Waals surface area (Å²) < 4.78 is 7.34. The highest BCUT2D eigenvalue weighted by Crippen LogP contribution is 2.33. The molecule has 8 heteroatoms. The van der Waals surface area contributed by atoms with Gasteiger partial charge in [-0.2, -0.15) is 0 Å². The van der Waals surface area contributed by atoms with E-state index in [9.17, 15) is 5.11 Å². The number of ether oxygens (including phenoxy) is 1. The summed E-state index contributed by atoms with van der Waals surface area (Å²) in [6.45, 7) is 3.46. The first kappa shape index (κ1) is 13.0. The van der Waals surface area contributed by atoms with Crippen molar-refractivity contribution in [3.8, 4) is 0 Å². The molecule has 3 heterocycles. The molecule has 2 aromatic rings. The minimum absolute atomic E-state index is 0.245. The molecule has 1 aliphatic heterocycles. The summed E-state index contributed by atoms with van der Waals surface area (Å²) in [6.07, 6.45) is 1.41. The molecule has 4 N–H and O–H groups in total. The van der Waals surface area contributed by atoms with Gasteiger partial charge < -0.3 is 20.7 Å². The van der Waals surface area contributed by atoms with Gasteiger partial charge in [0.05, 0.1) is 12.7 Å². The van der Waals surface area contributed by atoms with Gasteiger partial charge in [0.25, 0.3) is 0 Å². The minimum Gasteiger partial charge on any atom is -0.394 e. The molecule has 0 bridgehead atoms. The largest absolute Gasteiger partial charge is 0.394 e. The van der Waals surface area contributed by atoms with Crippen LogP contribution in [-0.2, 0) is 4.74 Å². The Balaban J connectivity index is 2.11. The molecule has 1 saturated heterocycles. The molecule has 0 saturated carbocycles. The third-order valence-electron chi connectivity index (χ3n) is 3.39. The number of nitrogens with two attached hydrogens (primary N) is 1. The number of hydrogen-bond donors (Lipinski definition) is 3. The molecule has 3 rings (SSSR count). The molecular weight excluding hydrogens is 262 g/mol. The monoisotopic (exact) mass is 277 g/mol. The third-order valence-corrected chi connectivity index (χ3v) is 3.39. The summed E-state index contributed by atoms with van der Waals surface area (Å²) in [7, 11) is 0. The van der Waals surface area contributed by atoms with Crippen LogP contribution < -0.4 is 5.73 Å². The van der Waals surface area contributed by atoms with E-state index in [1.807, 2.05) is 0 Å². The lowest BCUT2D eigenvalue weighted by atomic mass is 10.2. The van der Waals surface area contributed by atoms with E-state index < -0.39 is 18.4 Å². The van der Waals surface area contributed by atoms with E-state index in [1.165, 1.54) is 6.33 Å². The number of rotatable bonds is 3. The van der Waals surface area contributed by atoms with Gasteiger partial charge in [0.15, 0.2) is 17.0 Å². The smallest absolute Gasteiger partial charge is 0.168 e. The minimum atomic E-state index is -0.737. The summed E-state index contributed by atoms with van der Waals surface area (Å²) in [4.78, 5) is 12.4. The van der Waals surface area contributed by atoms with Crippen LogP contribution >= 0.6 is 0 Å². The Morgan fingerprint density at radius 2 is 2.35 bits per heavy atom. The summed E-state index contributed by atoms with van der Waals surface area (Å²) in [5, 5.41) is 19.0. The Morgan fingerprint density at radius 1 is 1.55 bits per heavy atom. The van der Waals surface area contributed by atoms with E-state index in [0.717, 1.165) is 0 Å². The molecular formula is C12H15N5O3. The van der Waals surface area contributed by atoms with Gasteiger partial charge in [0.1, 0.15) is 24.5 Å². The number of nitrogens with zero attached hydrogens (tertiary/aromatic N) is 4. The van der Waals surface area contributed by atoms with Crippen LogP contribution in [0.3, 0.4) is 0 Å². The molecule has 0 radical (unpaired) electrons. The summed E-state index contributed by atoms with van der Waals surface area (Å²) in [5.74, 6) is 0.803. The number of hydrogen-bond acceptors (Lipinski definition) is 7. The summed E-state index contributed by atoms with van der Waals surface area (Å²) >= 11 is 0. The van der Waals surface area contributed by atoms with Crippen molar-refractivity contribution in [2.24, 2.45) is 0 Å². The fourth-order valence-corrected chi connectivity index (χ4v) is 2.41. The lowest BCUT2D eigenvalue weighted by Gasteiger charge is -2.15. The van der Waals surface area contributed by atoms with E-state index in [-0.39, 0.29) is 12.4 Å². The molecule has 0 spiro atoms. The van der Waals surface area contributed by atoms with Crippen LogP contribution in [0.25, 0.3) is 17.2 Å². The molecule has 0 amide bonds. The molecule has 1 fully saturated rings. The normalized spacial score (nSPS) is 26.2. The molecule has 0 unspecified atom stereocenters. The van der Waals surface area contributed by atoms with Crippen LogP contribution in [0, 0.1) is 0 Å². The van der Waals surface area contributed by atoms with Crippen LogP contribution in [0.4, 0.5) is 5.82 Å². The molecule has 8 nitrogen and oxygen atoms in total. The lowest BCUT2D eigenvalue weighted by molar-refractivity contribution is -0.0434. The fourth-order valence-electron chi connectivity index (χ4n) is 2.41. The first-order chi connectivity index (χ1) is 9.65. The predicted octanol–water partition coefficient (Wildman–Crippen LogP) is -0.308. The second-order valence-corrected chi connectivity index (χ2v) is 4.59. The van der Waals surface area contributed by atoms with Crippen molar-refractivity contribution in [2.45, 2.75) is 24.9 Å². The Kier molecular flexibility index (Phi) is 3.13. The number of anilines is 1. The van der Waals surface area contributed by atoms with Gasteiger partial charge in [-0.05, 0) is 6.08 Å². The number of aliphatic hydroxyl groups is 2. The maximum atomic E-state index is 9.85. The van der Waals surface area contributed by atoms with Gasteiger partial charge in [-0.3, -0.25) is 4.57 Å². The number of aliphatic hydroxyl groups excluding tert-OH is 2. The molecule has 1 aliphatic rings. The van der Waals surface area contributed by atoms with E-state index in [4.69, 9.17) is 15.6 Å². The molecule has 106 valence electrons. The van der Waals surface area contributed by atoms with E-state index >= 15 is 0 Å². The van der Waals surface area contributed by atoms with Gasteiger partial charge >= 0.3 is 0 Å². The highest BCUT2D eigenvalue weighted by Gasteiger charge is 2.36. The molecule has 2 aromatic heterocycles. The zero-order chi connectivity index (χ0) is 14.3. The SMILES string of the molecule is C=Cc1nc2c(N)ncnc2n1[C@H]1C[C@H](O)[C@@H](CO)O1. The second-order valence-electron chi connectivity index (χ2n) is 4.59. The van der Waals surface area contributed by atoms with Crippen LogP contribution in [0.2, 0.25) is 0 Å². The summed E-state index contributed by atoms with van der Waals surface area (Å²) in [6, 6.07) is 0. The number of aromatic nitrogens is 4. The van der Waals surface area contributed by atoms with Crippen LogP contribution in [0.15, 0.2) is 12.9 Å². The maximum absolute atomic E-state index is 9.85. The van der Waals surface area contributed by atoms with E-state index in [1.54, 1.807) is 10.6 Å². The predicted molar refractivity (Wildman–Crippen MR) is 71.4 cm³/mol. The molecule has 20 heavy (non-hydrogen) atoms. The van der Waals surface area contributed by atoms with Crippen molar-refractivity contribution in [1.82, 2.24) is 19.5 Å². The van der Waals surface area contributed by atoms with Crippen LogP contribution in [-0.4, -0.2) is 48.5 Å². The highest BCUT2D eigenvalue weighted by atomic mass is 16.5. The maximum Gasteiger partial charge on any atom is 0.168 e. The molecule has 3 atom stereocenters. The van der Waals surface area contributed by atoms with Gasteiger partial charge in [-0.25, -0.2) is 15.0 Å². The van der Waals surface area contributed by atoms with Gasteiger partial charge in [0, 0.05) is 6.42 Å². The Hall–Kier alpha value is -2.03. The van der Waals surface area contributed by atoms with Crippen molar-refractivity contribution < 1.29 is 14.9 Å². The van der Waals surface area contributed by atoms with Gasteiger partial charge in [0.2, 0.25) is 0 Å². The van der Waals surface area contributed by atoms with Gasteiger partial charge in [-0.15, -0.1) is 0 Å². The quantitative estimate of drug-likeness (QED) is 0.704. The van der Waals surface area contributed by atoms with Gasteiger partial charge in [-0.1, -0.05) is 6.58 Å². The average molecular weight is 277 g/mol. The van der Waals surface area contributed by atoms with Crippen molar-refractivity contribution in [1.29, 1.82) is 0 Å². The first-order valence-corrected chi connectivity index (χ1v) is 6.21. The average Bonchev–Trinajstić information content (AvgIpc) is 2.99. The number of fused-ring (bicyclic) bond motifs is 1. The molecule has 0 aliphatic carbocycles. The highest BCUT2D eigenvalue weighted by molar-refractivity contribution is 5.83. The van der Waals surface area contributed by atoms with Crippen molar-refractivity contribution in [3.63, 3.8) is 0 Å². The third kappa shape index (κ3) is 1.85. The number of nitrogen functional groups attached to an aromatic ring is 1. The topological polar surface area (TPSA) is 119 Å². The lowest BCUT2D eigenvalue weighted by Crippen LogP contribution is -2.24. The fraction of sp³-hybridized carbons (Fsp3) is 0.417. The zero-order valence-electron chi connectivity index (χ0n) is 10.7. The number of imidazole rings is 1. The van der Waals surface area contributed by atoms with Crippen molar-refractivity contribution in [2.75, 3.05) is 12.3 Å². The van der Waals surface area contributed by atoms with Crippen molar-refractivity contribution >= 4 is 23.1 Å². The Bertz CT molecular complexity index is 656. The zero-order valence-corrected chi connectivity index (χ0v) is 10.7. The van der Waals surface area contributed by atoms with Crippen molar-refractivity contribution in [3.05, 3.63) is 18.7 Å². The first-order valence-electron chi connectivity index (χ1n) is 6.21. The van der Waals surface area contributed by atoms with E-state index in [2.05, 4.69) is 21.5 Å².